The molecule has 1 heterocycles. The summed E-state index contributed by atoms with van der Waals surface area (Å²) in [6.07, 6.45) is 0. The van der Waals surface area contributed by atoms with Crippen LogP contribution in [0.1, 0.15) is 29.9 Å². The first kappa shape index (κ1) is 14.9. The number of halogens is 1. The van der Waals surface area contributed by atoms with Crippen molar-refractivity contribution in [1.82, 2.24) is 10.3 Å². The molecule has 0 unspecified atom stereocenters. The van der Waals surface area contributed by atoms with Gasteiger partial charge in [0.1, 0.15) is 5.69 Å². The Morgan fingerprint density at radius 1 is 1.61 bits per heavy atom. The van der Waals surface area contributed by atoms with Crippen LogP contribution in [0.15, 0.2) is 10.5 Å². The molecule has 0 aliphatic rings. The number of nitrogens with zero attached hydrogens (tertiary/aromatic N) is 1. The molecule has 6 heteroatoms. The van der Waals surface area contributed by atoms with Crippen LogP contribution in [0.5, 0.6) is 5.88 Å². The van der Waals surface area contributed by atoms with Gasteiger partial charge >= 0.3 is 0 Å². The highest BCUT2D eigenvalue weighted by Crippen LogP contribution is 2.23. The number of carbonyl (C=O) groups excluding carboxylic acids is 1. The van der Waals surface area contributed by atoms with Crippen LogP contribution in [0, 0.1) is 6.92 Å². The van der Waals surface area contributed by atoms with Gasteiger partial charge in [-0.05, 0) is 42.8 Å². The van der Waals surface area contributed by atoms with E-state index in [0.717, 1.165) is 5.56 Å². The molecular formula is C12H17BrN2O3. The van der Waals surface area contributed by atoms with Crippen molar-refractivity contribution in [2.75, 3.05) is 13.7 Å². The largest absolute Gasteiger partial charge is 0.481 e. The second kappa shape index (κ2) is 5.67. The van der Waals surface area contributed by atoms with Crippen molar-refractivity contribution in [2.45, 2.75) is 26.4 Å². The number of aliphatic hydroxyl groups is 1. The van der Waals surface area contributed by atoms with E-state index in [-0.39, 0.29) is 18.1 Å². The summed E-state index contributed by atoms with van der Waals surface area (Å²) in [5.74, 6) is 0.0499. The van der Waals surface area contributed by atoms with Gasteiger partial charge in [0.2, 0.25) is 5.88 Å². The molecule has 1 aromatic heterocycles. The maximum Gasteiger partial charge on any atom is 0.271 e. The van der Waals surface area contributed by atoms with Crippen LogP contribution in [0.4, 0.5) is 0 Å². The summed E-state index contributed by atoms with van der Waals surface area (Å²) >= 11 is 3.29. The van der Waals surface area contributed by atoms with E-state index in [0.29, 0.717) is 10.4 Å². The van der Waals surface area contributed by atoms with Crippen molar-refractivity contribution in [3.05, 3.63) is 21.8 Å². The molecule has 0 aliphatic carbocycles. The number of pyridine rings is 1. The van der Waals surface area contributed by atoms with Crippen LogP contribution in [-0.4, -0.2) is 35.3 Å². The normalized spacial score (nSPS) is 11.2. The van der Waals surface area contributed by atoms with Crippen molar-refractivity contribution >= 4 is 21.8 Å². The first-order valence-electron chi connectivity index (χ1n) is 5.46. The van der Waals surface area contributed by atoms with E-state index in [1.165, 1.54) is 7.11 Å². The highest BCUT2D eigenvalue weighted by Gasteiger charge is 2.18. The second-order valence-corrected chi connectivity index (χ2v) is 5.49. The topological polar surface area (TPSA) is 71.5 Å². The molecule has 1 rings (SSSR count). The number of methoxy groups -OCH3 is 1. The number of ether oxygens (including phenoxy) is 1. The predicted octanol–water partition coefficient (Wildman–Crippen LogP) is 1.66. The van der Waals surface area contributed by atoms with Crippen LogP contribution in [-0.2, 0) is 0 Å². The lowest BCUT2D eigenvalue weighted by atomic mass is 10.1. The summed E-state index contributed by atoms with van der Waals surface area (Å²) in [5.41, 5.74) is 0.113. The number of rotatable bonds is 4. The average Bonchev–Trinajstić information content (AvgIpc) is 2.25. The molecule has 0 saturated heterocycles. The number of aromatic nitrogens is 1. The molecule has 0 saturated carbocycles. The number of hydrogen-bond acceptors (Lipinski definition) is 4. The third kappa shape index (κ3) is 3.96. The molecule has 2 N–H and O–H groups in total. The van der Waals surface area contributed by atoms with Gasteiger partial charge in [0.05, 0.1) is 12.7 Å². The molecular weight excluding hydrogens is 300 g/mol. The minimum atomic E-state index is -0.961. The van der Waals surface area contributed by atoms with Crippen molar-refractivity contribution in [2.24, 2.45) is 0 Å². The minimum Gasteiger partial charge on any atom is -0.481 e. The fraction of sp³-hybridized carbons (Fsp3) is 0.500. The Balaban J connectivity index is 2.92. The van der Waals surface area contributed by atoms with Crippen molar-refractivity contribution in [3.63, 3.8) is 0 Å². The Labute approximate surface area is 115 Å². The van der Waals surface area contributed by atoms with E-state index in [1.54, 1.807) is 19.9 Å². The van der Waals surface area contributed by atoms with E-state index >= 15 is 0 Å². The van der Waals surface area contributed by atoms with E-state index < -0.39 is 5.60 Å². The third-order valence-electron chi connectivity index (χ3n) is 2.21. The molecule has 18 heavy (non-hydrogen) atoms. The zero-order valence-electron chi connectivity index (χ0n) is 10.9. The van der Waals surface area contributed by atoms with Crippen LogP contribution < -0.4 is 10.1 Å². The van der Waals surface area contributed by atoms with Gasteiger partial charge < -0.3 is 15.2 Å². The molecule has 1 aromatic rings. The van der Waals surface area contributed by atoms with Gasteiger partial charge in [0, 0.05) is 16.6 Å². The number of amides is 1. The zero-order valence-corrected chi connectivity index (χ0v) is 12.5. The summed E-state index contributed by atoms with van der Waals surface area (Å²) in [5, 5.41) is 12.2. The Hall–Kier alpha value is -1.14. The summed E-state index contributed by atoms with van der Waals surface area (Å²) in [4.78, 5) is 16.0. The quantitative estimate of drug-likeness (QED) is 0.886. The van der Waals surface area contributed by atoms with Gasteiger partial charge in [0.15, 0.2) is 0 Å². The van der Waals surface area contributed by atoms with E-state index in [2.05, 4.69) is 26.2 Å². The highest BCUT2D eigenvalue weighted by molar-refractivity contribution is 9.10. The summed E-state index contributed by atoms with van der Waals surface area (Å²) < 4.78 is 5.67. The molecule has 0 bridgehead atoms. The van der Waals surface area contributed by atoms with Gasteiger partial charge in [-0.25, -0.2) is 4.98 Å². The molecule has 0 aromatic carbocycles. The Kier molecular flexibility index (Phi) is 4.70. The van der Waals surface area contributed by atoms with Crippen LogP contribution >= 0.6 is 15.9 Å². The molecule has 0 fully saturated rings. The predicted molar refractivity (Wildman–Crippen MR) is 71.9 cm³/mol. The number of carbonyl (C=O) groups is 1. The lowest BCUT2D eigenvalue weighted by Gasteiger charge is -2.18. The fourth-order valence-corrected chi connectivity index (χ4v) is 1.92. The van der Waals surface area contributed by atoms with Gasteiger partial charge in [-0.15, -0.1) is 0 Å². The fourth-order valence-electron chi connectivity index (χ4n) is 1.31. The lowest BCUT2D eigenvalue weighted by molar-refractivity contribution is 0.0691. The van der Waals surface area contributed by atoms with E-state index in [1.807, 2.05) is 6.92 Å². The standard InChI is InChI=1S/C12H17BrN2O3/c1-7-5-8(13)9(15-11(7)18-4)10(16)14-6-12(2,3)17/h5,17H,6H2,1-4H3,(H,14,16). The van der Waals surface area contributed by atoms with Crippen molar-refractivity contribution in [1.29, 1.82) is 0 Å². The first-order valence-corrected chi connectivity index (χ1v) is 6.25. The Morgan fingerprint density at radius 2 is 2.22 bits per heavy atom. The summed E-state index contributed by atoms with van der Waals surface area (Å²) in [6, 6.07) is 1.77. The van der Waals surface area contributed by atoms with Crippen LogP contribution in [0.25, 0.3) is 0 Å². The molecule has 5 nitrogen and oxygen atoms in total. The van der Waals surface area contributed by atoms with Gasteiger partial charge in [0.25, 0.3) is 5.91 Å². The maximum absolute atomic E-state index is 11.9. The molecule has 0 radical (unpaired) electrons. The number of nitrogens with one attached hydrogen (secondary N) is 1. The SMILES string of the molecule is COc1nc(C(=O)NCC(C)(C)O)c(Br)cc1C. The first-order chi connectivity index (χ1) is 8.24. The summed E-state index contributed by atoms with van der Waals surface area (Å²) in [6.45, 7) is 5.22. The van der Waals surface area contributed by atoms with Crippen LogP contribution in [0.3, 0.4) is 0 Å². The smallest absolute Gasteiger partial charge is 0.271 e. The maximum atomic E-state index is 11.9. The minimum absolute atomic E-state index is 0.149. The molecule has 100 valence electrons. The third-order valence-corrected chi connectivity index (χ3v) is 2.81. The van der Waals surface area contributed by atoms with Crippen LogP contribution in [0.2, 0.25) is 0 Å². The molecule has 0 atom stereocenters. The molecule has 1 amide bonds. The van der Waals surface area contributed by atoms with E-state index in [9.17, 15) is 9.90 Å². The average molecular weight is 317 g/mol. The van der Waals surface area contributed by atoms with Gasteiger partial charge in [-0.1, -0.05) is 0 Å². The number of aryl methyl sites for hydroxylation is 1. The number of hydrogen-bond donors (Lipinski definition) is 2. The van der Waals surface area contributed by atoms with Gasteiger partial charge in [-0.3, -0.25) is 4.79 Å². The Bertz CT molecular complexity index is 455. The van der Waals surface area contributed by atoms with Crippen molar-refractivity contribution < 1.29 is 14.6 Å². The highest BCUT2D eigenvalue weighted by atomic mass is 79.9. The molecule has 0 spiro atoms. The molecule has 0 aliphatic heterocycles. The second-order valence-electron chi connectivity index (χ2n) is 4.64. The van der Waals surface area contributed by atoms with Crippen molar-refractivity contribution in [3.8, 4) is 5.88 Å². The summed E-state index contributed by atoms with van der Waals surface area (Å²) in [7, 11) is 1.50. The van der Waals surface area contributed by atoms with E-state index in [4.69, 9.17) is 4.74 Å². The zero-order chi connectivity index (χ0) is 13.9. The lowest BCUT2D eigenvalue weighted by Crippen LogP contribution is -2.38. The monoisotopic (exact) mass is 316 g/mol. The Morgan fingerprint density at radius 3 is 2.72 bits per heavy atom. The van der Waals surface area contributed by atoms with Gasteiger partial charge in [-0.2, -0.15) is 0 Å².